The van der Waals surface area contributed by atoms with Gasteiger partial charge >= 0.3 is 0 Å². The number of rotatable bonds is 3. The first kappa shape index (κ1) is 15.7. The van der Waals surface area contributed by atoms with Crippen molar-refractivity contribution in [3.8, 4) is 0 Å². The van der Waals surface area contributed by atoms with Crippen molar-refractivity contribution < 1.29 is 4.79 Å². The number of carbonyl (C=O) groups is 1. The maximum atomic E-state index is 12.9. The van der Waals surface area contributed by atoms with Gasteiger partial charge in [0.15, 0.2) is 0 Å². The highest BCUT2D eigenvalue weighted by Crippen LogP contribution is 2.23. The zero-order chi connectivity index (χ0) is 16.6. The van der Waals surface area contributed by atoms with Gasteiger partial charge in [-0.1, -0.05) is 0 Å². The highest BCUT2D eigenvalue weighted by Gasteiger charge is 2.28. The van der Waals surface area contributed by atoms with Crippen LogP contribution in [0.5, 0.6) is 0 Å². The fourth-order valence-electron chi connectivity index (χ4n) is 3.34. The summed E-state index contributed by atoms with van der Waals surface area (Å²) >= 11 is 0. The van der Waals surface area contributed by atoms with E-state index in [2.05, 4.69) is 15.2 Å². The van der Waals surface area contributed by atoms with E-state index in [1.165, 1.54) is 0 Å². The topological polar surface area (TPSA) is 68.8 Å². The van der Waals surface area contributed by atoms with Crippen molar-refractivity contribution in [2.75, 3.05) is 13.1 Å². The summed E-state index contributed by atoms with van der Waals surface area (Å²) in [6.07, 6.45) is 2.01. The first-order valence-electron chi connectivity index (χ1n) is 8.23. The van der Waals surface area contributed by atoms with Crippen LogP contribution in [0, 0.1) is 20.8 Å². The fourth-order valence-corrected chi connectivity index (χ4v) is 3.34. The average molecular weight is 316 g/mol. The van der Waals surface area contributed by atoms with Gasteiger partial charge in [-0.15, -0.1) is 0 Å². The molecule has 0 aliphatic carbocycles. The molecule has 0 bridgehead atoms. The molecule has 0 N–H and O–H groups in total. The van der Waals surface area contributed by atoms with Gasteiger partial charge in [0.1, 0.15) is 17.3 Å². The summed E-state index contributed by atoms with van der Waals surface area (Å²) in [5, 5.41) is 8.87. The van der Waals surface area contributed by atoms with Gasteiger partial charge in [0.2, 0.25) is 0 Å². The van der Waals surface area contributed by atoms with Gasteiger partial charge in [-0.3, -0.25) is 9.48 Å². The summed E-state index contributed by atoms with van der Waals surface area (Å²) in [6, 6.07) is 2.08. The van der Waals surface area contributed by atoms with E-state index >= 15 is 0 Å². The first-order chi connectivity index (χ1) is 11.0. The maximum absolute atomic E-state index is 12.9. The standard InChI is InChI=1S/C16H24N6O/c1-5-21-15(9-11(2)18-21)16(23)20-8-6-7-14(10-20)22-13(4)17-12(3)19-22/h9,14H,5-8,10H2,1-4H3/t14-/m1/s1. The Labute approximate surface area is 136 Å². The molecule has 0 unspecified atom stereocenters. The third-order valence-electron chi connectivity index (χ3n) is 4.36. The van der Waals surface area contributed by atoms with E-state index in [1.54, 1.807) is 4.68 Å². The lowest BCUT2D eigenvalue weighted by Crippen LogP contribution is -2.42. The maximum Gasteiger partial charge on any atom is 0.272 e. The molecule has 1 atom stereocenters. The number of nitrogens with zero attached hydrogens (tertiary/aromatic N) is 6. The van der Waals surface area contributed by atoms with E-state index in [0.717, 1.165) is 36.7 Å². The number of hydrogen-bond donors (Lipinski definition) is 0. The lowest BCUT2D eigenvalue weighted by Gasteiger charge is -2.33. The zero-order valence-electron chi connectivity index (χ0n) is 14.3. The number of piperidine rings is 1. The molecule has 1 amide bonds. The third-order valence-corrected chi connectivity index (χ3v) is 4.36. The second-order valence-electron chi connectivity index (χ2n) is 6.18. The zero-order valence-corrected chi connectivity index (χ0v) is 14.3. The summed E-state index contributed by atoms with van der Waals surface area (Å²) in [6.45, 7) is 9.96. The number of carbonyl (C=O) groups excluding carboxylic acids is 1. The Hall–Kier alpha value is -2.18. The minimum Gasteiger partial charge on any atom is -0.335 e. The summed E-state index contributed by atoms with van der Waals surface area (Å²) in [5.41, 5.74) is 1.56. The number of aromatic nitrogens is 5. The molecule has 0 radical (unpaired) electrons. The van der Waals surface area contributed by atoms with Crippen molar-refractivity contribution in [3.63, 3.8) is 0 Å². The van der Waals surface area contributed by atoms with Gasteiger partial charge in [0.25, 0.3) is 5.91 Å². The second-order valence-corrected chi connectivity index (χ2v) is 6.18. The average Bonchev–Trinajstić information content (AvgIpc) is 3.08. The Bertz CT molecular complexity index is 716. The lowest BCUT2D eigenvalue weighted by atomic mass is 10.1. The quantitative estimate of drug-likeness (QED) is 0.867. The van der Waals surface area contributed by atoms with Crippen molar-refractivity contribution in [3.05, 3.63) is 29.1 Å². The molecule has 1 fully saturated rings. The second kappa shape index (κ2) is 6.14. The highest BCUT2D eigenvalue weighted by molar-refractivity contribution is 5.92. The van der Waals surface area contributed by atoms with Crippen LogP contribution in [-0.4, -0.2) is 48.4 Å². The minimum atomic E-state index is 0.0617. The predicted octanol–water partition coefficient (Wildman–Crippen LogP) is 1.90. The molecule has 23 heavy (non-hydrogen) atoms. The van der Waals surface area contributed by atoms with E-state index in [9.17, 15) is 4.79 Å². The molecule has 2 aromatic rings. The van der Waals surface area contributed by atoms with Gasteiger partial charge in [-0.05, 0) is 46.6 Å². The molecule has 7 heteroatoms. The number of aryl methyl sites for hydroxylation is 4. The van der Waals surface area contributed by atoms with Gasteiger partial charge in [-0.25, -0.2) is 9.67 Å². The lowest BCUT2D eigenvalue weighted by molar-refractivity contribution is 0.0658. The van der Waals surface area contributed by atoms with Crippen molar-refractivity contribution in [1.29, 1.82) is 0 Å². The van der Waals surface area contributed by atoms with Crippen molar-refractivity contribution >= 4 is 5.91 Å². The molecule has 3 rings (SSSR count). The predicted molar refractivity (Wildman–Crippen MR) is 86.3 cm³/mol. The number of likely N-dealkylation sites (tertiary alicyclic amines) is 1. The normalized spacial score (nSPS) is 18.4. The van der Waals surface area contributed by atoms with Crippen molar-refractivity contribution in [1.82, 2.24) is 29.4 Å². The number of amides is 1. The molecule has 0 spiro atoms. The number of hydrogen-bond acceptors (Lipinski definition) is 4. The molecular formula is C16H24N6O. The van der Waals surface area contributed by atoms with E-state index in [1.807, 2.05) is 43.3 Å². The van der Waals surface area contributed by atoms with Crippen LogP contribution in [0.25, 0.3) is 0 Å². The Morgan fingerprint density at radius 2 is 2.09 bits per heavy atom. The monoisotopic (exact) mass is 316 g/mol. The Balaban J connectivity index is 1.80. The van der Waals surface area contributed by atoms with E-state index in [0.29, 0.717) is 18.8 Å². The van der Waals surface area contributed by atoms with Crippen LogP contribution in [0.4, 0.5) is 0 Å². The van der Waals surface area contributed by atoms with E-state index in [4.69, 9.17) is 0 Å². The Morgan fingerprint density at radius 1 is 1.30 bits per heavy atom. The van der Waals surface area contributed by atoms with Crippen LogP contribution in [0.1, 0.15) is 53.6 Å². The Morgan fingerprint density at radius 3 is 2.74 bits per heavy atom. The van der Waals surface area contributed by atoms with Crippen molar-refractivity contribution in [2.24, 2.45) is 0 Å². The summed E-state index contributed by atoms with van der Waals surface area (Å²) in [7, 11) is 0. The van der Waals surface area contributed by atoms with Crippen LogP contribution in [0.15, 0.2) is 6.07 Å². The van der Waals surface area contributed by atoms with Gasteiger partial charge < -0.3 is 4.90 Å². The SMILES string of the molecule is CCn1nc(C)cc1C(=O)N1CCC[C@@H](n2nc(C)nc2C)C1. The molecule has 3 heterocycles. The van der Waals surface area contributed by atoms with Crippen LogP contribution < -0.4 is 0 Å². The van der Waals surface area contributed by atoms with Crippen molar-refractivity contribution in [2.45, 2.75) is 53.1 Å². The smallest absolute Gasteiger partial charge is 0.272 e. The van der Waals surface area contributed by atoms with Gasteiger partial charge in [0, 0.05) is 19.6 Å². The molecule has 1 aliphatic heterocycles. The molecule has 0 saturated carbocycles. The molecule has 124 valence electrons. The summed E-state index contributed by atoms with van der Waals surface area (Å²) in [5.74, 6) is 1.76. The largest absolute Gasteiger partial charge is 0.335 e. The molecule has 2 aromatic heterocycles. The van der Waals surface area contributed by atoms with E-state index in [-0.39, 0.29) is 11.9 Å². The van der Waals surface area contributed by atoms with Crippen LogP contribution >= 0.6 is 0 Å². The first-order valence-corrected chi connectivity index (χ1v) is 8.23. The van der Waals surface area contributed by atoms with Gasteiger partial charge in [-0.2, -0.15) is 10.2 Å². The van der Waals surface area contributed by atoms with Gasteiger partial charge in [0.05, 0.1) is 11.7 Å². The summed E-state index contributed by atoms with van der Waals surface area (Å²) in [4.78, 5) is 19.2. The molecule has 1 saturated heterocycles. The van der Waals surface area contributed by atoms with E-state index < -0.39 is 0 Å². The fraction of sp³-hybridized carbons (Fsp3) is 0.625. The highest BCUT2D eigenvalue weighted by atomic mass is 16.2. The molecular weight excluding hydrogens is 292 g/mol. The Kier molecular flexibility index (Phi) is 4.19. The molecule has 1 aliphatic rings. The summed E-state index contributed by atoms with van der Waals surface area (Å²) < 4.78 is 3.75. The third kappa shape index (κ3) is 3.00. The molecule has 7 nitrogen and oxygen atoms in total. The van der Waals surface area contributed by atoms with Crippen LogP contribution in [0.3, 0.4) is 0 Å². The van der Waals surface area contributed by atoms with Crippen LogP contribution in [-0.2, 0) is 6.54 Å². The van der Waals surface area contributed by atoms with Crippen LogP contribution in [0.2, 0.25) is 0 Å². The minimum absolute atomic E-state index is 0.0617. The molecule has 0 aromatic carbocycles.